The van der Waals surface area contributed by atoms with Gasteiger partial charge >= 0.3 is 0 Å². The molecule has 20 heavy (non-hydrogen) atoms. The van der Waals surface area contributed by atoms with Gasteiger partial charge in [-0.15, -0.1) is 11.3 Å². The minimum atomic E-state index is 0.190. The molecule has 0 aliphatic carbocycles. The summed E-state index contributed by atoms with van der Waals surface area (Å²) in [6.45, 7) is 7.62. The first-order valence-corrected chi connectivity index (χ1v) is 8.28. The number of aryl methyl sites for hydroxylation is 1. The van der Waals surface area contributed by atoms with Crippen LogP contribution in [0.2, 0.25) is 0 Å². The van der Waals surface area contributed by atoms with E-state index in [1.54, 1.807) is 11.3 Å². The lowest BCUT2D eigenvalue weighted by Gasteiger charge is -2.36. The van der Waals surface area contributed by atoms with Crippen LogP contribution in [0.3, 0.4) is 0 Å². The molecule has 5 heteroatoms. The largest absolute Gasteiger partial charge is 0.332 e. The number of likely N-dealkylation sites (tertiary alicyclic amines) is 1. The van der Waals surface area contributed by atoms with Gasteiger partial charge in [-0.3, -0.25) is 9.69 Å². The van der Waals surface area contributed by atoms with E-state index in [9.17, 15) is 4.79 Å². The molecule has 112 valence electrons. The maximum atomic E-state index is 12.6. The smallest absolute Gasteiger partial charge is 0.237 e. The summed E-state index contributed by atoms with van der Waals surface area (Å²) >= 11 is 1.68. The van der Waals surface area contributed by atoms with Gasteiger partial charge < -0.3 is 4.90 Å². The maximum absolute atomic E-state index is 12.6. The van der Waals surface area contributed by atoms with E-state index in [1.807, 2.05) is 18.9 Å². The van der Waals surface area contributed by atoms with Crippen LogP contribution in [0.4, 0.5) is 0 Å². The standard InChI is InChI=1S/C15H25N3OS/c1-11(2)17(4)9-14(19)18-8-6-5-7-13(18)15-16-12(3)10-20-15/h10-11,13H,5-9H2,1-4H3. The van der Waals surface area contributed by atoms with Crippen molar-refractivity contribution in [2.45, 2.75) is 52.1 Å². The van der Waals surface area contributed by atoms with E-state index in [0.717, 1.165) is 30.1 Å². The first-order valence-electron chi connectivity index (χ1n) is 7.40. The lowest BCUT2D eigenvalue weighted by molar-refractivity contribution is -0.136. The molecular formula is C15H25N3OS. The predicted octanol–water partition coefficient (Wildman–Crippen LogP) is 2.85. The zero-order chi connectivity index (χ0) is 14.7. The minimum absolute atomic E-state index is 0.190. The van der Waals surface area contributed by atoms with Crippen molar-refractivity contribution in [1.29, 1.82) is 0 Å². The molecule has 1 amide bonds. The van der Waals surface area contributed by atoms with Crippen molar-refractivity contribution in [2.75, 3.05) is 20.1 Å². The van der Waals surface area contributed by atoms with E-state index in [-0.39, 0.29) is 11.9 Å². The van der Waals surface area contributed by atoms with Gasteiger partial charge in [-0.1, -0.05) is 0 Å². The number of aromatic nitrogens is 1. The summed E-state index contributed by atoms with van der Waals surface area (Å²) in [5, 5.41) is 3.18. The second-order valence-electron chi connectivity index (χ2n) is 5.93. The van der Waals surface area contributed by atoms with E-state index < -0.39 is 0 Å². The fraction of sp³-hybridized carbons (Fsp3) is 0.733. The number of hydrogen-bond donors (Lipinski definition) is 0. The Bertz CT molecular complexity index is 458. The molecule has 1 aromatic rings. The molecule has 1 fully saturated rings. The van der Waals surface area contributed by atoms with E-state index in [0.29, 0.717) is 12.6 Å². The van der Waals surface area contributed by atoms with Crippen LogP contribution in [0.1, 0.15) is 49.9 Å². The number of carbonyl (C=O) groups is 1. The molecule has 0 saturated carbocycles. The molecule has 1 atom stereocenters. The van der Waals surface area contributed by atoms with Gasteiger partial charge in [0, 0.05) is 23.7 Å². The van der Waals surface area contributed by atoms with Crippen molar-refractivity contribution < 1.29 is 4.79 Å². The summed E-state index contributed by atoms with van der Waals surface area (Å²) in [6.07, 6.45) is 3.34. The topological polar surface area (TPSA) is 36.4 Å². The molecule has 0 radical (unpaired) electrons. The summed E-state index contributed by atoms with van der Waals surface area (Å²) in [4.78, 5) is 21.3. The number of rotatable bonds is 4. The van der Waals surface area contributed by atoms with E-state index in [4.69, 9.17) is 0 Å². The maximum Gasteiger partial charge on any atom is 0.237 e. The van der Waals surface area contributed by atoms with Crippen LogP contribution in [-0.4, -0.2) is 46.9 Å². The highest BCUT2D eigenvalue weighted by atomic mass is 32.1. The van der Waals surface area contributed by atoms with Gasteiger partial charge in [0.1, 0.15) is 5.01 Å². The summed E-state index contributed by atoms with van der Waals surface area (Å²) in [6, 6.07) is 0.583. The zero-order valence-corrected chi connectivity index (χ0v) is 13.7. The van der Waals surface area contributed by atoms with Crippen molar-refractivity contribution in [1.82, 2.24) is 14.8 Å². The summed E-state index contributed by atoms with van der Waals surface area (Å²) in [5.74, 6) is 0.235. The zero-order valence-electron chi connectivity index (χ0n) is 12.9. The fourth-order valence-corrected chi connectivity index (χ4v) is 3.44. The van der Waals surface area contributed by atoms with Gasteiger partial charge in [0.05, 0.1) is 12.6 Å². The Hall–Kier alpha value is -0.940. The number of nitrogens with zero attached hydrogens (tertiary/aromatic N) is 3. The molecule has 1 aliphatic rings. The van der Waals surface area contributed by atoms with E-state index in [1.165, 1.54) is 6.42 Å². The first-order chi connectivity index (χ1) is 9.49. The lowest BCUT2D eigenvalue weighted by atomic mass is 10.0. The third kappa shape index (κ3) is 3.58. The molecule has 0 N–H and O–H groups in total. The average molecular weight is 295 g/mol. The fourth-order valence-electron chi connectivity index (χ4n) is 2.50. The van der Waals surface area contributed by atoms with Crippen molar-refractivity contribution in [3.63, 3.8) is 0 Å². The number of likely N-dealkylation sites (N-methyl/N-ethyl adjacent to an activating group) is 1. The number of thiazole rings is 1. The predicted molar refractivity (Wildman–Crippen MR) is 82.9 cm³/mol. The minimum Gasteiger partial charge on any atom is -0.332 e. The number of amides is 1. The van der Waals surface area contributed by atoms with Crippen LogP contribution in [0.5, 0.6) is 0 Å². The van der Waals surface area contributed by atoms with Crippen LogP contribution in [0.25, 0.3) is 0 Å². The summed E-state index contributed by atoms with van der Waals surface area (Å²) in [7, 11) is 2.01. The third-order valence-electron chi connectivity index (χ3n) is 4.01. The molecular weight excluding hydrogens is 270 g/mol. The van der Waals surface area contributed by atoms with Gasteiger partial charge in [0.15, 0.2) is 0 Å². The highest BCUT2D eigenvalue weighted by Gasteiger charge is 2.30. The van der Waals surface area contributed by atoms with Crippen LogP contribution in [0, 0.1) is 6.92 Å². The Kier molecular flexibility index (Phi) is 5.16. The number of hydrogen-bond acceptors (Lipinski definition) is 4. The normalized spacial score (nSPS) is 19.9. The van der Waals surface area contributed by atoms with Crippen molar-refractivity contribution >= 4 is 17.2 Å². The van der Waals surface area contributed by atoms with Gasteiger partial charge in [-0.05, 0) is 47.1 Å². The Balaban J connectivity index is 2.08. The molecule has 0 spiro atoms. The molecule has 4 nitrogen and oxygen atoms in total. The average Bonchev–Trinajstić information content (AvgIpc) is 2.85. The molecule has 0 aromatic carbocycles. The monoisotopic (exact) mass is 295 g/mol. The van der Waals surface area contributed by atoms with Crippen LogP contribution >= 0.6 is 11.3 Å². The Labute approximate surface area is 125 Å². The highest BCUT2D eigenvalue weighted by Crippen LogP contribution is 2.32. The van der Waals surface area contributed by atoms with Crippen molar-refractivity contribution in [3.8, 4) is 0 Å². The Morgan fingerprint density at radius 1 is 1.55 bits per heavy atom. The molecule has 2 heterocycles. The number of piperidine rings is 1. The van der Waals surface area contributed by atoms with Crippen LogP contribution in [0.15, 0.2) is 5.38 Å². The SMILES string of the molecule is Cc1csc(C2CCCCN2C(=O)CN(C)C(C)C)n1. The molecule has 1 aliphatic heterocycles. The van der Waals surface area contributed by atoms with Crippen LogP contribution < -0.4 is 0 Å². The Morgan fingerprint density at radius 2 is 2.30 bits per heavy atom. The molecule has 2 rings (SSSR count). The first kappa shape index (κ1) is 15.4. The highest BCUT2D eigenvalue weighted by molar-refractivity contribution is 7.09. The Morgan fingerprint density at radius 3 is 2.90 bits per heavy atom. The van der Waals surface area contributed by atoms with Gasteiger partial charge in [-0.25, -0.2) is 4.98 Å². The quantitative estimate of drug-likeness (QED) is 0.857. The lowest BCUT2D eigenvalue weighted by Crippen LogP contribution is -2.44. The van der Waals surface area contributed by atoms with E-state index >= 15 is 0 Å². The van der Waals surface area contributed by atoms with Crippen LogP contribution in [-0.2, 0) is 4.79 Å². The molecule has 1 saturated heterocycles. The second kappa shape index (κ2) is 6.68. The summed E-state index contributed by atoms with van der Waals surface area (Å²) in [5.41, 5.74) is 1.06. The second-order valence-corrected chi connectivity index (χ2v) is 6.82. The molecule has 1 aromatic heterocycles. The molecule has 1 unspecified atom stereocenters. The van der Waals surface area contributed by atoms with Gasteiger partial charge in [0.25, 0.3) is 0 Å². The van der Waals surface area contributed by atoms with Gasteiger partial charge in [-0.2, -0.15) is 0 Å². The van der Waals surface area contributed by atoms with Crippen molar-refractivity contribution in [3.05, 3.63) is 16.1 Å². The van der Waals surface area contributed by atoms with Gasteiger partial charge in [0.2, 0.25) is 5.91 Å². The third-order valence-corrected chi connectivity index (χ3v) is 5.08. The summed E-state index contributed by atoms with van der Waals surface area (Å²) < 4.78 is 0. The van der Waals surface area contributed by atoms with E-state index in [2.05, 4.69) is 29.1 Å². The molecule has 0 bridgehead atoms. The number of carbonyl (C=O) groups excluding carboxylic acids is 1. The van der Waals surface area contributed by atoms with Crippen molar-refractivity contribution in [2.24, 2.45) is 0 Å².